The van der Waals surface area contributed by atoms with Crippen LogP contribution in [0.3, 0.4) is 0 Å². The number of rotatable bonds is 14. The van der Waals surface area contributed by atoms with E-state index in [1.807, 2.05) is 0 Å². The van der Waals surface area contributed by atoms with Crippen LogP contribution in [0.15, 0.2) is 18.2 Å². The fourth-order valence-electron chi connectivity index (χ4n) is 5.15. The summed E-state index contributed by atoms with van der Waals surface area (Å²) in [6.07, 6.45) is 8.17. The van der Waals surface area contributed by atoms with Crippen molar-refractivity contribution in [3.8, 4) is 5.75 Å². The third-order valence-corrected chi connectivity index (χ3v) is 7.23. The second-order valence-corrected chi connectivity index (χ2v) is 12.1. The standard InChI is InChI=1S/C31H50N4O6/c1-6-7-8-9-13-18-35(29(39)24(20-26(32)37)34-30(40)41-31(3,4)5)27(22-16-17-25(36)21(2)19-22)28(38)33-23-14-11-10-12-15-23/h16-17,19,23-24,27,36H,6-15,18,20H2,1-5H3,(H2,32,37)(H,33,38)(H,34,40). The van der Waals surface area contributed by atoms with E-state index in [0.29, 0.717) is 17.5 Å². The quantitative estimate of drug-likeness (QED) is 0.235. The molecule has 41 heavy (non-hydrogen) atoms. The third kappa shape index (κ3) is 11.6. The number of phenols is 1. The molecule has 10 nitrogen and oxygen atoms in total. The highest BCUT2D eigenvalue weighted by atomic mass is 16.6. The zero-order valence-corrected chi connectivity index (χ0v) is 25.5. The summed E-state index contributed by atoms with van der Waals surface area (Å²) in [4.78, 5) is 54.3. The Hall–Kier alpha value is -3.30. The number of hydrogen-bond donors (Lipinski definition) is 4. The fourth-order valence-corrected chi connectivity index (χ4v) is 5.15. The predicted molar refractivity (Wildman–Crippen MR) is 158 cm³/mol. The molecule has 2 atom stereocenters. The van der Waals surface area contributed by atoms with Gasteiger partial charge < -0.3 is 31.1 Å². The molecule has 0 aliphatic heterocycles. The summed E-state index contributed by atoms with van der Waals surface area (Å²) in [7, 11) is 0. The van der Waals surface area contributed by atoms with Gasteiger partial charge in [0.2, 0.25) is 17.7 Å². The fraction of sp³-hybridized carbons (Fsp3) is 0.677. The zero-order valence-electron chi connectivity index (χ0n) is 25.5. The summed E-state index contributed by atoms with van der Waals surface area (Å²) in [6.45, 7) is 9.16. The van der Waals surface area contributed by atoms with Crippen LogP contribution in [0.4, 0.5) is 4.79 Å². The number of benzene rings is 1. The molecule has 5 N–H and O–H groups in total. The van der Waals surface area contributed by atoms with Gasteiger partial charge in [-0.2, -0.15) is 0 Å². The number of carbonyl (C=O) groups is 4. The lowest BCUT2D eigenvalue weighted by Gasteiger charge is -2.35. The lowest BCUT2D eigenvalue weighted by atomic mass is 9.94. The highest BCUT2D eigenvalue weighted by molar-refractivity contribution is 5.94. The molecule has 0 aromatic heterocycles. The van der Waals surface area contributed by atoms with Crippen LogP contribution in [0, 0.1) is 6.92 Å². The van der Waals surface area contributed by atoms with E-state index in [1.165, 1.54) is 11.0 Å². The highest BCUT2D eigenvalue weighted by Crippen LogP contribution is 2.29. The molecular weight excluding hydrogens is 524 g/mol. The van der Waals surface area contributed by atoms with Crippen molar-refractivity contribution in [3.63, 3.8) is 0 Å². The van der Waals surface area contributed by atoms with E-state index in [9.17, 15) is 24.3 Å². The van der Waals surface area contributed by atoms with Crippen LogP contribution in [0.2, 0.25) is 0 Å². The Bertz CT molecular complexity index is 1030. The summed E-state index contributed by atoms with van der Waals surface area (Å²) >= 11 is 0. The summed E-state index contributed by atoms with van der Waals surface area (Å²) in [5.41, 5.74) is 5.76. The number of alkyl carbamates (subject to hydrolysis) is 1. The first-order chi connectivity index (χ1) is 19.3. The smallest absolute Gasteiger partial charge is 0.408 e. The molecule has 1 fully saturated rings. The Labute approximate surface area is 244 Å². The second-order valence-electron chi connectivity index (χ2n) is 12.1. The van der Waals surface area contributed by atoms with Crippen molar-refractivity contribution in [1.29, 1.82) is 0 Å². The van der Waals surface area contributed by atoms with E-state index in [-0.39, 0.29) is 24.2 Å². The minimum atomic E-state index is -1.32. The van der Waals surface area contributed by atoms with Crippen LogP contribution in [-0.4, -0.2) is 58.1 Å². The molecule has 2 unspecified atom stereocenters. The van der Waals surface area contributed by atoms with E-state index < -0.39 is 42.0 Å². The molecule has 1 aromatic rings. The lowest BCUT2D eigenvalue weighted by molar-refractivity contribution is -0.143. The molecule has 4 amide bonds. The molecule has 10 heteroatoms. The maximum absolute atomic E-state index is 14.2. The number of nitrogens with zero attached hydrogens (tertiary/aromatic N) is 1. The van der Waals surface area contributed by atoms with Crippen molar-refractivity contribution in [1.82, 2.24) is 15.5 Å². The number of carbonyl (C=O) groups excluding carboxylic acids is 4. The average Bonchev–Trinajstić information content (AvgIpc) is 2.88. The van der Waals surface area contributed by atoms with Crippen LogP contribution < -0.4 is 16.4 Å². The van der Waals surface area contributed by atoms with Crippen LogP contribution >= 0.6 is 0 Å². The van der Waals surface area contributed by atoms with Crippen LogP contribution in [0.5, 0.6) is 5.75 Å². The van der Waals surface area contributed by atoms with E-state index >= 15 is 0 Å². The molecule has 2 rings (SSSR count). The molecule has 0 bridgehead atoms. The van der Waals surface area contributed by atoms with E-state index in [1.54, 1.807) is 39.8 Å². The van der Waals surface area contributed by atoms with Crippen molar-refractivity contribution in [2.45, 2.75) is 129 Å². The first-order valence-electron chi connectivity index (χ1n) is 15.0. The lowest BCUT2D eigenvalue weighted by Crippen LogP contribution is -2.55. The largest absolute Gasteiger partial charge is 0.508 e. The second kappa shape index (κ2) is 16.2. The van der Waals surface area contributed by atoms with Gasteiger partial charge in [0.15, 0.2) is 0 Å². The Morgan fingerprint density at radius 2 is 1.73 bits per heavy atom. The van der Waals surface area contributed by atoms with E-state index in [0.717, 1.165) is 57.8 Å². The number of phenolic OH excluding ortho intramolecular Hbond substituents is 1. The normalized spacial score (nSPS) is 15.4. The number of aryl methyl sites for hydroxylation is 1. The number of unbranched alkanes of at least 4 members (excludes halogenated alkanes) is 4. The van der Waals surface area contributed by atoms with Crippen molar-refractivity contribution in [3.05, 3.63) is 29.3 Å². The molecule has 0 radical (unpaired) electrons. The third-order valence-electron chi connectivity index (χ3n) is 7.23. The van der Waals surface area contributed by atoms with Gasteiger partial charge in [0.05, 0.1) is 6.42 Å². The molecule has 1 saturated carbocycles. The number of nitrogens with two attached hydrogens (primary N) is 1. The van der Waals surface area contributed by atoms with Gasteiger partial charge in [0.25, 0.3) is 0 Å². The van der Waals surface area contributed by atoms with E-state index in [2.05, 4.69) is 17.6 Å². The van der Waals surface area contributed by atoms with Gasteiger partial charge in [-0.15, -0.1) is 0 Å². The molecule has 0 saturated heterocycles. The zero-order chi connectivity index (χ0) is 30.6. The number of aromatic hydroxyl groups is 1. The summed E-state index contributed by atoms with van der Waals surface area (Å²) in [6, 6.07) is 2.49. The van der Waals surface area contributed by atoms with Crippen LogP contribution in [-0.2, 0) is 19.1 Å². The summed E-state index contributed by atoms with van der Waals surface area (Å²) < 4.78 is 5.35. The molecular formula is C31H50N4O6. The number of nitrogens with one attached hydrogen (secondary N) is 2. The molecule has 1 aliphatic rings. The average molecular weight is 575 g/mol. The molecule has 1 aromatic carbocycles. The van der Waals surface area contributed by atoms with Gasteiger partial charge in [-0.25, -0.2) is 4.79 Å². The maximum Gasteiger partial charge on any atom is 0.408 e. The molecule has 0 spiro atoms. The Morgan fingerprint density at radius 1 is 1.07 bits per heavy atom. The van der Waals surface area contributed by atoms with Gasteiger partial charge in [-0.3, -0.25) is 14.4 Å². The Balaban J connectivity index is 2.50. The van der Waals surface area contributed by atoms with Gasteiger partial charge in [-0.1, -0.05) is 57.9 Å². The Morgan fingerprint density at radius 3 is 2.32 bits per heavy atom. The van der Waals surface area contributed by atoms with Gasteiger partial charge >= 0.3 is 6.09 Å². The first-order valence-corrected chi connectivity index (χ1v) is 15.0. The van der Waals surface area contributed by atoms with Crippen molar-refractivity contribution < 1.29 is 29.0 Å². The van der Waals surface area contributed by atoms with Gasteiger partial charge in [0, 0.05) is 12.6 Å². The first kappa shape index (κ1) is 33.9. The summed E-state index contributed by atoms with van der Waals surface area (Å²) in [5.74, 6) is -1.62. The minimum Gasteiger partial charge on any atom is -0.508 e. The van der Waals surface area contributed by atoms with Crippen molar-refractivity contribution >= 4 is 23.8 Å². The topological polar surface area (TPSA) is 151 Å². The van der Waals surface area contributed by atoms with Crippen LogP contribution in [0.1, 0.15) is 115 Å². The number of primary amides is 1. The van der Waals surface area contributed by atoms with Gasteiger partial charge in [-0.05, 0) is 70.2 Å². The summed E-state index contributed by atoms with van der Waals surface area (Å²) in [5, 5.41) is 15.9. The van der Waals surface area contributed by atoms with Crippen LogP contribution in [0.25, 0.3) is 0 Å². The highest BCUT2D eigenvalue weighted by Gasteiger charge is 2.37. The predicted octanol–water partition coefficient (Wildman–Crippen LogP) is 4.76. The monoisotopic (exact) mass is 574 g/mol. The Kier molecular flexibility index (Phi) is 13.4. The molecule has 230 valence electrons. The minimum absolute atomic E-state index is 0.000210. The number of hydrogen-bond acceptors (Lipinski definition) is 6. The number of ether oxygens (including phenoxy) is 1. The van der Waals surface area contributed by atoms with Crippen molar-refractivity contribution in [2.75, 3.05) is 6.54 Å². The number of amides is 4. The molecule has 0 heterocycles. The maximum atomic E-state index is 14.2. The molecule has 1 aliphatic carbocycles. The van der Waals surface area contributed by atoms with Gasteiger partial charge in [0.1, 0.15) is 23.4 Å². The SMILES string of the molecule is CCCCCCCN(C(=O)C(CC(N)=O)NC(=O)OC(C)(C)C)C(C(=O)NC1CCCCC1)c1ccc(O)c(C)c1. The van der Waals surface area contributed by atoms with Crippen molar-refractivity contribution in [2.24, 2.45) is 5.73 Å². The van der Waals surface area contributed by atoms with E-state index in [4.69, 9.17) is 10.5 Å².